The standard InChI is InChI=1S/C14H17Cl2NO/c1-18-11-4-10-7-17-8-14(10,6-11)9-2-3-12(15)13(16)5-9/h2-3,5,10-11,17H,4,6-8H2,1H3. The van der Waals surface area contributed by atoms with E-state index in [4.69, 9.17) is 27.9 Å². The van der Waals surface area contributed by atoms with Crippen molar-refractivity contribution in [1.29, 1.82) is 0 Å². The number of nitrogens with one attached hydrogen (secondary N) is 1. The predicted molar refractivity (Wildman–Crippen MR) is 74.5 cm³/mol. The molecule has 0 bridgehead atoms. The summed E-state index contributed by atoms with van der Waals surface area (Å²) in [5, 5.41) is 4.78. The van der Waals surface area contributed by atoms with Crippen LogP contribution in [0.3, 0.4) is 0 Å². The van der Waals surface area contributed by atoms with Crippen LogP contribution in [-0.2, 0) is 10.2 Å². The van der Waals surface area contributed by atoms with Crippen LogP contribution >= 0.6 is 23.2 Å². The molecule has 1 N–H and O–H groups in total. The van der Waals surface area contributed by atoms with Crippen LogP contribution in [-0.4, -0.2) is 26.3 Å². The van der Waals surface area contributed by atoms with E-state index in [0.717, 1.165) is 25.9 Å². The summed E-state index contributed by atoms with van der Waals surface area (Å²) in [6.07, 6.45) is 2.56. The Morgan fingerprint density at radius 3 is 2.89 bits per heavy atom. The Labute approximate surface area is 118 Å². The van der Waals surface area contributed by atoms with Gasteiger partial charge in [-0.2, -0.15) is 0 Å². The summed E-state index contributed by atoms with van der Waals surface area (Å²) < 4.78 is 5.56. The highest BCUT2D eigenvalue weighted by Crippen LogP contribution is 2.49. The van der Waals surface area contributed by atoms with Gasteiger partial charge in [0.2, 0.25) is 0 Å². The van der Waals surface area contributed by atoms with Gasteiger partial charge in [0.1, 0.15) is 0 Å². The van der Waals surface area contributed by atoms with Gasteiger partial charge >= 0.3 is 0 Å². The van der Waals surface area contributed by atoms with Gasteiger partial charge in [-0.25, -0.2) is 0 Å². The quantitative estimate of drug-likeness (QED) is 0.901. The fourth-order valence-corrected chi connectivity index (χ4v) is 3.90. The van der Waals surface area contributed by atoms with Crippen molar-refractivity contribution < 1.29 is 4.74 Å². The zero-order valence-corrected chi connectivity index (χ0v) is 11.9. The molecular weight excluding hydrogens is 269 g/mol. The van der Waals surface area contributed by atoms with Crippen molar-refractivity contribution in [2.24, 2.45) is 5.92 Å². The number of benzene rings is 1. The second-order valence-corrected chi connectivity index (χ2v) is 6.22. The molecule has 1 heterocycles. The lowest BCUT2D eigenvalue weighted by molar-refractivity contribution is 0.100. The van der Waals surface area contributed by atoms with E-state index in [0.29, 0.717) is 22.1 Å². The second kappa shape index (κ2) is 4.68. The molecular formula is C14H17Cl2NO. The molecule has 2 aliphatic rings. The third-order valence-corrected chi connectivity index (χ3v) is 5.32. The average molecular weight is 286 g/mol. The summed E-state index contributed by atoms with van der Waals surface area (Å²) >= 11 is 12.2. The number of rotatable bonds is 2. The number of hydrogen-bond donors (Lipinski definition) is 1. The van der Waals surface area contributed by atoms with Gasteiger partial charge in [0, 0.05) is 19.1 Å². The monoisotopic (exact) mass is 285 g/mol. The highest BCUT2D eigenvalue weighted by molar-refractivity contribution is 6.42. The van der Waals surface area contributed by atoms with E-state index in [9.17, 15) is 0 Å². The van der Waals surface area contributed by atoms with Crippen molar-refractivity contribution in [3.8, 4) is 0 Å². The fraction of sp³-hybridized carbons (Fsp3) is 0.571. The molecule has 3 atom stereocenters. The topological polar surface area (TPSA) is 21.3 Å². The number of ether oxygens (including phenoxy) is 1. The van der Waals surface area contributed by atoms with Gasteiger partial charge in [-0.3, -0.25) is 0 Å². The first-order valence-corrected chi connectivity index (χ1v) is 7.10. The maximum Gasteiger partial charge on any atom is 0.0595 e. The number of fused-ring (bicyclic) bond motifs is 1. The molecule has 1 aliphatic carbocycles. The normalized spacial score (nSPS) is 34.8. The highest BCUT2D eigenvalue weighted by Gasteiger charge is 2.51. The van der Waals surface area contributed by atoms with Gasteiger partial charge < -0.3 is 10.1 Å². The molecule has 0 aromatic heterocycles. The van der Waals surface area contributed by atoms with Crippen LogP contribution in [0.4, 0.5) is 0 Å². The minimum atomic E-state index is 0.176. The van der Waals surface area contributed by atoms with E-state index < -0.39 is 0 Å². The molecule has 3 rings (SSSR count). The Hall–Kier alpha value is -0.280. The first-order valence-electron chi connectivity index (χ1n) is 6.35. The largest absolute Gasteiger partial charge is 0.381 e. The summed E-state index contributed by atoms with van der Waals surface area (Å²) in [4.78, 5) is 0. The lowest BCUT2D eigenvalue weighted by atomic mass is 9.74. The molecule has 0 spiro atoms. The van der Waals surface area contributed by atoms with E-state index in [-0.39, 0.29) is 5.41 Å². The SMILES string of the molecule is COC1CC2CNCC2(c2ccc(Cl)c(Cl)c2)C1. The molecule has 98 valence electrons. The summed E-state index contributed by atoms with van der Waals surface area (Å²) in [5.41, 5.74) is 1.47. The molecule has 18 heavy (non-hydrogen) atoms. The van der Waals surface area contributed by atoms with E-state index in [1.807, 2.05) is 19.2 Å². The molecule has 1 saturated carbocycles. The third-order valence-electron chi connectivity index (χ3n) is 4.58. The summed E-state index contributed by atoms with van der Waals surface area (Å²) in [6.45, 7) is 2.08. The van der Waals surface area contributed by atoms with Gasteiger partial charge in [-0.05, 0) is 43.0 Å². The van der Waals surface area contributed by atoms with Crippen LogP contribution in [0.2, 0.25) is 10.0 Å². The second-order valence-electron chi connectivity index (χ2n) is 5.41. The van der Waals surface area contributed by atoms with Gasteiger partial charge in [0.15, 0.2) is 0 Å². The van der Waals surface area contributed by atoms with Crippen LogP contribution in [0, 0.1) is 5.92 Å². The maximum absolute atomic E-state index is 6.17. The summed E-state index contributed by atoms with van der Waals surface area (Å²) in [6, 6.07) is 6.05. The minimum Gasteiger partial charge on any atom is -0.381 e. The Morgan fingerprint density at radius 2 is 2.17 bits per heavy atom. The molecule has 1 aliphatic heterocycles. The van der Waals surface area contributed by atoms with Crippen molar-refractivity contribution in [3.05, 3.63) is 33.8 Å². The minimum absolute atomic E-state index is 0.176. The van der Waals surface area contributed by atoms with Crippen molar-refractivity contribution in [3.63, 3.8) is 0 Å². The van der Waals surface area contributed by atoms with Gasteiger partial charge in [-0.15, -0.1) is 0 Å². The molecule has 0 radical (unpaired) electrons. The molecule has 3 unspecified atom stereocenters. The first-order chi connectivity index (χ1) is 8.65. The molecule has 2 nitrogen and oxygen atoms in total. The number of halogens is 2. The van der Waals surface area contributed by atoms with Crippen molar-refractivity contribution >= 4 is 23.2 Å². The van der Waals surface area contributed by atoms with Crippen molar-refractivity contribution in [2.75, 3.05) is 20.2 Å². The Kier molecular flexibility index (Phi) is 3.31. The predicted octanol–water partition coefficient (Wildman–Crippen LogP) is 3.26. The maximum atomic E-state index is 6.17. The lowest BCUT2D eigenvalue weighted by Crippen LogP contribution is -2.31. The third kappa shape index (κ3) is 1.87. The molecule has 1 saturated heterocycles. The zero-order chi connectivity index (χ0) is 12.8. The zero-order valence-electron chi connectivity index (χ0n) is 10.4. The van der Waals surface area contributed by atoms with E-state index in [1.165, 1.54) is 5.56 Å². The van der Waals surface area contributed by atoms with E-state index in [2.05, 4.69) is 11.4 Å². The van der Waals surface area contributed by atoms with Crippen molar-refractivity contribution in [2.45, 2.75) is 24.4 Å². The van der Waals surface area contributed by atoms with Gasteiger partial charge in [0.05, 0.1) is 16.1 Å². The summed E-state index contributed by atoms with van der Waals surface area (Å²) in [7, 11) is 1.81. The fourth-order valence-electron chi connectivity index (χ4n) is 3.60. The lowest BCUT2D eigenvalue weighted by Gasteiger charge is -2.29. The van der Waals surface area contributed by atoms with Crippen LogP contribution < -0.4 is 5.32 Å². The van der Waals surface area contributed by atoms with Crippen LogP contribution in [0.15, 0.2) is 18.2 Å². The van der Waals surface area contributed by atoms with Crippen molar-refractivity contribution in [1.82, 2.24) is 5.32 Å². The highest BCUT2D eigenvalue weighted by atomic mass is 35.5. The molecule has 2 fully saturated rings. The molecule has 1 aromatic carbocycles. The van der Waals surface area contributed by atoms with Crippen LogP contribution in [0.25, 0.3) is 0 Å². The van der Waals surface area contributed by atoms with E-state index in [1.54, 1.807) is 0 Å². The summed E-state index contributed by atoms with van der Waals surface area (Å²) in [5.74, 6) is 0.639. The molecule has 0 amide bonds. The Morgan fingerprint density at radius 1 is 1.33 bits per heavy atom. The smallest absolute Gasteiger partial charge is 0.0595 e. The van der Waals surface area contributed by atoms with Crippen LogP contribution in [0.5, 0.6) is 0 Å². The van der Waals surface area contributed by atoms with E-state index >= 15 is 0 Å². The van der Waals surface area contributed by atoms with Crippen LogP contribution in [0.1, 0.15) is 18.4 Å². The first kappa shape index (κ1) is 12.7. The number of hydrogen-bond acceptors (Lipinski definition) is 2. The Balaban J connectivity index is 1.99. The number of methoxy groups -OCH3 is 1. The van der Waals surface area contributed by atoms with Gasteiger partial charge in [-0.1, -0.05) is 29.3 Å². The molecule has 1 aromatic rings. The average Bonchev–Trinajstić information content (AvgIpc) is 2.89. The Bertz CT molecular complexity index is 465. The molecule has 4 heteroatoms. The van der Waals surface area contributed by atoms with Gasteiger partial charge in [0.25, 0.3) is 0 Å².